The van der Waals surface area contributed by atoms with Crippen LogP contribution in [0.2, 0.25) is 0 Å². The number of ether oxygens (including phenoxy) is 1. The first-order valence-electron chi connectivity index (χ1n) is 10.4. The van der Waals surface area contributed by atoms with Crippen LogP contribution in [0.25, 0.3) is 0 Å². The lowest BCUT2D eigenvalue weighted by Gasteiger charge is -2.31. The fraction of sp³-hybridized carbons (Fsp3) is 0.240. The highest BCUT2D eigenvalue weighted by Crippen LogP contribution is 2.39. The van der Waals surface area contributed by atoms with Gasteiger partial charge in [-0.3, -0.25) is 4.79 Å². The van der Waals surface area contributed by atoms with Crippen LogP contribution >= 0.6 is 0 Å². The van der Waals surface area contributed by atoms with Gasteiger partial charge in [0.15, 0.2) is 0 Å². The summed E-state index contributed by atoms with van der Waals surface area (Å²) in [6, 6.07) is 22.6. The largest absolute Gasteiger partial charge is 0.497 e. The summed E-state index contributed by atoms with van der Waals surface area (Å²) in [6.45, 7) is 3.99. The predicted octanol–water partition coefficient (Wildman–Crippen LogP) is 4.24. The lowest BCUT2D eigenvalue weighted by Crippen LogP contribution is -2.39. The molecule has 1 saturated heterocycles. The summed E-state index contributed by atoms with van der Waals surface area (Å²) >= 11 is 0. The number of amides is 1. The van der Waals surface area contributed by atoms with E-state index in [1.54, 1.807) is 72.7 Å². The minimum atomic E-state index is -3.84. The zero-order chi connectivity index (χ0) is 22.9. The number of nitrogens with zero attached hydrogens (tertiary/aromatic N) is 2. The normalized spacial score (nSPS) is 19.2. The summed E-state index contributed by atoms with van der Waals surface area (Å²) in [4.78, 5) is 15.4. The molecule has 3 aromatic carbocycles. The Morgan fingerprint density at radius 2 is 1.56 bits per heavy atom. The molecular weight excluding hydrogens is 424 g/mol. The molecule has 0 saturated carbocycles. The van der Waals surface area contributed by atoms with Crippen LogP contribution in [0.15, 0.2) is 83.8 Å². The summed E-state index contributed by atoms with van der Waals surface area (Å²) < 4.78 is 34.0. The van der Waals surface area contributed by atoms with Crippen LogP contribution in [0.4, 0.5) is 0 Å². The maximum absolute atomic E-state index is 13.7. The van der Waals surface area contributed by atoms with Crippen molar-refractivity contribution in [3.05, 3.63) is 95.6 Å². The molecule has 3 aromatic rings. The minimum absolute atomic E-state index is 0.200. The van der Waals surface area contributed by atoms with Gasteiger partial charge in [0.2, 0.25) is 10.0 Å². The van der Waals surface area contributed by atoms with Gasteiger partial charge in [-0.15, -0.1) is 0 Å². The molecule has 166 valence electrons. The molecule has 0 radical (unpaired) electrons. The number of benzene rings is 3. The van der Waals surface area contributed by atoms with Gasteiger partial charge in [0.25, 0.3) is 5.91 Å². The third-order valence-electron chi connectivity index (χ3n) is 5.75. The number of rotatable bonds is 5. The molecule has 7 heteroatoms. The summed E-state index contributed by atoms with van der Waals surface area (Å²) in [5, 5.41) is 0. The SMILES string of the molecule is COc1ccc([C@@H]2N(C(=O)c3ccccc3)[C@@H](C)CN2S(=O)(=O)c2ccc(C)cc2)cc1. The monoisotopic (exact) mass is 450 g/mol. The fourth-order valence-corrected chi connectivity index (χ4v) is 5.70. The highest BCUT2D eigenvalue weighted by Gasteiger charge is 2.47. The van der Waals surface area contributed by atoms with Gasteiger partial charge in [0.05, 0.1) is 12.0 Å². The molecule has 0 spiro atoms. The summed E-state index contributed by atoms with van der Waals surface area (Å²) in [5.74, 6) is 0.453. The van der Waals surface area contributed by atoms with Gasteiger partial charge < -0.3 is 9.64 Å². The predicted molar refractivity (Wildman–Crippen MR) is 123 cm³/mol. The molecule has 1 amide bonds. The Bertz CT molecular complexity index is 1190. The van der Waals surface area contributed by atoms with E-state index in [4.69, 9.17) is 4.74 Å². The van der Waals surface area contributed by atoms with Gasteiger partial charge in [0, 0.05) is 18.2 Å². The maximum atomic E-state index is 13.7. The van der Waals surface area contributed by atoms with Crippen molar-refractivity contribution in [2.75, 3.05) is 13.7 Å². The molecule has 4 rings (SSSR count). The van der Waals surface area contributed by atoms with Crippen LogP contribution in [0.3, 0.4) is 0 Å². The standard InChI is InChI=1S/C25H26N2O4S/c1-18-9-15-23(16-10-18)32(29,30)26-17-19(2)27(25(28)21-7-5-4-6-8-21)24(26)20-11-13-22(31-3)14-12-20/h4-16,19,24H,17H2,1-3H3/t19-,24-/m0/s1. The number of methoxy groups -OCH3 is 1. The fourth-order valence-electron chi connectivity index (χ4n) is 4.05. The number of hydrogen-bond acceptors (Lipinski definition) is 4. The van der Waals surface area contributed by atoms with E-state index in [0.29, 0.717) is 16.9 Å². The topological polar surface area (TPSA) is 66.9 Å². The Morgan fingerprint density at radius 3 is 2.16 bits per heavy atom. The molecule has 0 aliphatic carbocycles. The first-order valence-corrected chi connectivity index (χ1v) is 11.9. The van der Waals surface area contributed by atoms with Gasteiger partial charge in [-0.1, -0.05) is 48.0 Å². The van der Waals surface area contributed by atoms with Crippen LogP contribution < -0.4 is 4.74 Å². The average Bonchev–Trinajstić information content (AvgIpc) is 3.17. The molecule has 1 aliphatic rings. The van der Waals surface area contributed by atoms with Crippen LogP contribution in [-0.4, -0.2) is 43.2 Å². The number of aryl methyl sites for hydroxylation is 1. The maximum Gasteiger partial charge on any atom is 0.255 e. The van der Waals surface area contributed by atoms with E-state index in [2.05, 4.69) is 0 Å². The molecule has 6 nitrogen and oxygen atoms in total. The van der Waals surface area contributed by atoms with Gasteiger partial charge >= 0.3 is 0 Å². The third kappa shape index (κ3) is 4.01. The second kappa shape index (κ2) is 8.76. The summed E-state index contributed by atoms with van der Waals surface area (Å²) in [7, 11) is -2.27. The van der Waals surface area contributed by atoms with E-state index in [9.17, 15) is 13.2 Å². The van der Waals surface area contributed by atoms with Gasteiger partial charge in [-0.2, -0.15) is 4.31 Å². The van der Waals surface area contributed by atoms with E-state index in [-0.39, 0.29) is 23.4 Å². The molecular formula is C25H26N2O4S. The number of sulfonamides is 1. The van der Waals surface area contributed by atoms with E-state index in [0.717, 1.165) is 5.56 Å². The van der Waals surface area contributed by atoms with Crippen molar-refractivity contribution in [1.82, 2.24) is 9.21 Å². The molecule has 1 aliphatic heterocycles. The smallest absolute Gasteiger partial charge is 0.255 e. The highest BCUT2D eigenvalue weighted by molar-refractivity contribution is 7.89. The first-order chi connectivity index (χ1) is 15.3. The zero-order valence-corrected chi connectivity index (χ0v) is 19.1. The van der Waals surface area contributed by atoms with Crippen molar-refractivity contribution in [2.24, 2.45) is 0 Å². The van der Waals surface area contributed by atoms with Crippen LogP contribution in [0, 0.1) is 6.92 Å². The van der Waals surface area contributed by atoms with Crippen molar-refractivity contribution in [3.8, 4) is 5.75 Å². The second-order valence-electron chi connectivity index (χ2n) is 7.96. The quantitative estimate of drug-likeness (QED) is 0.583. The van der Waals surface area contributed by atoms with Crippen molar-refractivity contribution in [1.29, 1.82) is 0 Å². The molecule has 0 aromatic heterocycles. The van der Waals surface area contributed by atoms with Crippen molar-refractivity contribution in [2.45, 2.75) is 31.0 Å². The molecule has 0 unspecified atom stereocenters. The number of carbonyl (C=O) groups excluding carboxylic acids is 1. The molecule has 2 atom stereocenters. The van der Waals surface area contributed by atoms with E-state index in [1.165, 1.54) is 4.31 Å². The van der Waals surface area contributed by atoms with Crippen LogP contribution in [0.5, 0.6) is 5.75 Å². The Morgan fingerprint density at radius 1 is 0.938 bits per heavy atom. The average molecular weight is 451 g/mol. The first kappa shape index (κ1) is 22.0. The Kier molecular flexibility index (Phi) is 6.04. The molecule has 1 fully saturated rings. The van der Waals surface area contributed by atoms with Crippen molar-refractivity contribution >= 4 is 15.9 Å². The summed E-state index contributed by atoms with van der Waals surface area (Å²) in [6.07, 6.45) is -0.769. The third-order valence-corrected chi connectivity index (χ3v) is 7.59. The molecule has 0 bridgehead atoms. The van der Waals surface area contributed by atoms with Crippen LogP contribution in [0.1, 0.15) is 34.6 Å². The van der Waals surface area contributed by atoms with Gasteiger partial charge in [0.1, 0.15) is 11.9 Å². The van der Waals surface area contributed by atoms with Gasteiger partial charge in [-0.05, 0) is 55.8 Å². The minimum Gasteiger partial charge on any atom is -0.497 e. The Balaban J connectivity index is 1.81. The second-order valence-corrected chi connectivity index (χ2v) is 9.85. The van der Waals surface area contributed by atoms with Crippen LogP contribution in [-0.2, 0) is 10.0 Å². The number of hydrogen-bond donors (Lipinski definition) is 0. The molecule has 32 heavy (non-hydrogen) atoms. The van der Waals surface area contributed by atoms with Crippen molar-refractivity contribution in [3.63, 3.8) is 0 Å². The van der Waals surface area contributed by atoms with Gasteiger partial charge in [-0.25, -0.2) is 8.42 Å². The van der Waals surface area contributed by atoms with E-state index >= 15 is 0 Å². The zero-order valence-electron chi connectivity index (χ0n) is 18.3. The Hall–Kier alpha value is -3.16. The number of carbonyl (C=O) groups is 1. The molecule has 0 N–H and O–H groups in total. The highest BCUT2D eigenvalue weighted by atomic mass is 32.2. The lowest BCUT2D eigenvalue weighted by molar-refractivity contribution is 0.0640. The van der Waals surface area contributed by atoms with E-state index in [1.807, 2.05) is 32.0 Å². The van der Waals surface area contributed by atoms with E-state index < -0.39 is 16.2 Å². The summed E-state index contributed by atoms with van der Waals surface area (Å²) in [5.41, 5.74) is 2.20. The molecule has 1 heterocycles. The lowest BCUT2D eigenvalue weighted by atomic mass is 10.1. The van der Waals surface area contributed by atoms with Crippen molar-refractivity contribution < 1.29 is 17.9 Å². The Labute approximate surface area is 189 Å².